The number of nitrogens with zero attached hydrogens (tertiary/aromatic N) is 2. The third-order valence-corrected chi connectivity index (χ3v) is 6.51. The standard InChI is InChI=1S/C26H21BrIN3O5/c1-3-35-24-12-17(11-22(28)25(24)36-15-18-7-5-4-6-16(18)2)10-19(14-29)26(32)30-23-9-8-20(31(33)34)13-21(23)27/h4-13H,3,15H2,1-2H3,(H,30,32)/b19-10+. The average molecular weight is 662 g/mol. The largest absolute Gasteiger partial charge is 0.490 e. The van der Waals surface area contributed by atoms with Crippen molar-refractivity contribution in [3.05, 3.63) is 95.0 Å². The number of carbonyl (C=O) groups excluding carboxylic acids is 1. The van der Waals surface area contributed by atoms with Crippen molar-refractivity contribution in [2.24, 2.45) is 0 Å². The predicted molar refractivity (Wildman–Crippen MR) is 149 cm³/mol. The molecule has 3 aromatic rings. The summed E-state index contributed by atoms with van der Waals surface area (Å²) in [5.74, 6) is 0.426. The fourth-order valence-electron chi connectivity index (χ4n) is 3.22. The third kappa shape index (κ3) is 6.83. The predicted octanol–water partition coefficient (Wildman–Crippen LogP) is 6.79. The fraction of sp³-hybridized carbons (Fsp3) is 0.154. The first-order chi connectivity index (χ1) is 17.2. The van der Waals surface area contributed by atoms with Gasteiger partial charge in [-0.15, -0.1) is 0 Å². The lowest BCUT2D eigenvalue weighted by atomic mass is 10.1. The van der Waals surface area contributed by atoms with E-state index in [1.165, 1.54) is 24.3 Å². The normalized spacial score (nSPS) is 10.9. The van der Waals surface area contributed by atoms with Crippen LogP contribution in [-0.2, 0) is 11.4 Å². The number of nitro benzene ring substituents is 1. The molecule has 0 aliphatic heterocycles. The zero-order chi connectivity index (χ0) is 26.2. The van der Waals surface area contributed by atoms with Crippen LogP contribution in [-0.4, -0.2) is 17.4 Å². The first kappa shape index (κ1) is 27.2. The lowest BCUT2D eigenvalue weighted by Crippen LogP contribution is -2.14. The number of carbonyl (C=O) groups is 1. The highest BCUT2D eigenvalue weighted by molar-refractivity contribution is 14.1. The van der Waals surface area contributed by atoms with Gasteiger partial charge in [-0.25, -0.2) is 0 Å². The summed E-state index contributed by atoms with van der Waals surface area (Å²) in [5.41, 5.74) is 2.79. The van der Waals surface area contributed by atoms with Gasteiger partial charge in [0.1, 0.15) is 18.2 Å². The molecule has 0 radical (unpaired) electrons. The molecule has 0 heterocycles. The van der Waals surface area contributed by atoms with Crippen molar-refractivity contribution in [1.29, 1.82) is 5.26 Å². The summed E-state index contributed by atoms with van der Waals surface area (Å²) >= 11 is 5.34. The van der Waals surface area contributed by atoms with Crippen LogP contribution < -0.4 is 14.8 Å². The number of nitrogens with one attached hydrogen (secondary N) is 1. The molecule has 0 saturated heterocycles. The van der Waals surface area contributed by atoms with Gasteiger partial charge in [-0.1, -0.05) is 24.3 Å². The Labute approximate surface area is 230 Å². The number of amides is 1. The Morgan fingerprint density at radius 2 is 1.97 bits per heavy atom. The van der Waals surface area contributed by atoms with Gasteiger partial charge in [-0.05, 0) is 93.3 Å². The Morgan fingerprint density at radius 3 is 2.61 bits per heavy atom. The number of halogens is 2. The molecule has 0 bridgehead atoms. The summed E-state index contributed by atoms with van der Waals surface area (Å²) in [7, 11) is 0. The molecule has 10 heteroatoms. The second-order valence-corrected chi connectivity index (χ2v) is 9.54. The molecule has 0 atom stereocenters. The van der Waals surface area contributed by atoms with Crippen LogP contribution in [0.5, 0.6) is 11.5 Å². The Morgan fingerprint density at radius 1 is 1.22 bits per heavy atom. The number of rotatable bonds is 9. The monoisotopic (exact) mass is 661 g/mol. The fourth-order valence-corrected chi connectivity index (χ4v) is 4.47. The Balaban J connectivity index is 1.86. The Hall–Kier alpha value is -3.43. The number of benzene rings is 3. The van der Waals surface area contributed by atoms with Crippen LogP contribution in [0.3, 0.4) is 0 Å². The first-order valence-corrected chi connectivity index (χ1v) is 12.6. The number of aryl methyl sites for hydroxylation is 1. The smallest absolute Gasteiger partial charge is 0.270 e. The summed E-state index contributed by atoms with van der Waals surface area (Å²) in [5, 5.41) is 23.1. The van der Waals surface area contributed by atoms with Crippen molar-refractivity contribution in [3.63, 3.8) is 0 Å². The van der Waals surface area contributed by atoms with E-state index in [-0.39, 0.29) is 11.3 Å². The maximum Gasteiger partial charge on any atom is 0.270 e. The van der Waals surface area contributed by atoms with Crippen molar-refractivity contribution in [2.45, 2.75) is 20.5 Å². The van der Waals surface area contributed by atoms with Crippen molar-refractivity contribution >= 4 is 61.9 Å². The molecule has 0 aliphatic rings. The minimum atomic E-state index is -0.653. The lowest BCUT2D eigenvalue weighted by molar-refractivity contribution is -0.384. The van der Waals surface area contributed by atoms with Gasteiger partial charge in [0, 0.05) is 16.6 Å². The topological polar surface area (TPSA) is 114 Å². The second-order valence-electron chi connectivity index (χ2n) is 7.52. The third-order valence-electron chi connectivity index (χ3n) is 5.05. The van der Waals surface area contributed by atoms with E-state index in [0.717, 1.165) is 14.7 Å². The van der Waals surface area contributed by atoms with Gasteiger partial charge in [0.15, 0.2) is 11.5 Å². The van der Waals surface area contributed by atoms with E-state index in [1.807, 2.05) is 44.2 Å². The molecule has 3 rings (SSSR count). The van der Waals surface area contributed by atoms with Gasteiger partial charge in [-0.3, -0.25) is 14.9 Å². The van der Waals surface area contributed by atoms with Crippen LogP contribution in [0, 0.1) is 31.9 Å². The van der Waals surface area contributed by atoms with E-state index < -0.39 is 10.8 Å². The highest BCUT2D eigenvalue weighted by atomic mass is 127. The summed E-state index contributed by atoms with van der Waals surface area (Å²) in [6, 6.07) is 17.3. The van der Waals surface area contributed by atoms with E-state index in [9.17, 15) is 20.2 Å². The number of ether oxygens (including phenoxy) is 2. The summed E-state index contributed by atoms with van der Waals surface area (Å²) < 4.78 is 13.0. The van der Waals surface area contributed by atoms with Gasteiger partial charge in [0.05, 0.1) is 20.8 Å². The maximum absolute atomic E-state index is 12.8. The number of anilines is 1. The molecule has 184 valence electrons. The van der Waals surface area contributed by atoms with Crippen LogP contribution in [0.25, 0.3) is 6.08 Å². The van der Waals surface area contributed by atoms with Crippen molar-refractivity contribution in [3.8, 4) is 17.6 Å². The highest BCUT2D eigenvalue weighted by Crippen LogP contribution is 2.36. The molecule has 0 saturated carbocycles. The van der Waals surface area contributed by atoms with Crippen LogP contribution in [0.2, 0.25) is 0 Å². The molecule has 3 aromatic carbocycles. The van der Waals surface area contributed by atoms with E-state index in [4.69, 9.17) is 9.47 Å². The molecule has 36 heavy (non-hydrogen) atoms. The molecular weight excluding hydrogens is 641 g/mol. The van der Waals surface area contributed by atoms with Crippen molar-refractivity contribution < 1.29 is 19.2 Å². The van der Waals surface area contributed by atoms with E-state index >= 15 is 0 Å². The summed E-state index contributed by atoms with van der Waals surface area (Å²) in [6.45, 7) is 4.65. The number of hydrogen-bond acceptors (Lipinski definition) is 6. The minimum Gasteiger partial charge on any atom is -0.490 e. The molecule has 0 unspecified atom stereocenters. The highest BCUT2D eigenvalue weighted by Gasteiger charge is 2.17. The molecule has 0 fully saturated rings. The van der Waals surface area contributed by atoms with Crippen LogP contribution >= 0.6 is 38.5 Å². The number of nitriles is 1. The number of hydrogen-bond donors (Lipinski definition) is 1. The van der Waals surface area contributed by atoms with E-state index in [0.29, 0.717) is 40.4 Å². The summed E-state index contributed by atoms with van der Waals surface area (Å²) in [6.07, 6.45) is 1.45. The van der Waals surface area contributed by atoms with Gasteiger partial charge in [-0.2, -0.15) is 5.26 Å². The van der Waals surface area contributed by atoms with Gasteiger partial charge in [0.25, 0.3) is 11.6 Å². The zero-order valence-electron chi connectivity index (χ0n) is 19.4. The van der Waals surface area contributed by atoms with Gasteiger partial charge >= 0.3 is 0 Å². The number of non-ortho nitro benzene ring substituents is 1. The molecule has 0 aliphatic carbocycles. The quantitative estimate of drug-likeness (QED) is 0.0888. The first-order valence-electron chi connectivity index (χ1n) is 10.7. The van der Waals surface area contributed by atoms with Gasteiger partial charge in [0.2, 0.25) is 0 Å². The summed E-state index contributed by atoms with van der Waals surface area (Å²) in [4.78, 5) is 23.1. The average Bonchev–Trinajstić information content (AvgIpc) is 2.84. The zero-order valence-corrected chi connectivity index (χ0v) is 23.1. The molecule has 1 N–H and O–H groups in total. The molecule has 8 nitrogen and oxygen atoms in total. The number of nitro groups is 1. The molecular formula is C26H21BrIN3O5. The minimum absolute atomic E-state index is 0.126. The maximum atomic E-state index is 12.8. The molecule has 0 aromatic heterocycles. The molecule has 0 spiro atoms. The van der Waals surface area contributed by atoms with Crippen LogP contribution in [0.1, 0.15) is 23.6 Å². The SMILES string of the molecule is CCOc1cc(/C=C(\C#N)C(=O)Nc2ccc([N+](=O)[O-])cc2Br)cc(I)c1OCc1ccccc1C. The van der Waals surface area contributed by atoms with Gasteiger partial charge < -0.3 is 14.8 Å². The second kappa shape index (κ2) is 12.5. The van der Waals surface area contributed by atoms with Crippen molar-refractivity contribution in [1.82, 2.24) is 0 Å². The Bertz CT molecular complexity index is 1380. The van der Waals surface area contributed by atoms with Crippen LogP contribution in [0.15, 0.2) is 64.6 Å². The van der Waals surface area contributed by atoms with E-state index in [2.05, 4.69) is 43.8 Å². The van der Waals surface area contributed by atoms with E-state index in [1.54, 1.807) is 12.1 Å². The lowest BCUT2D eigenvalue weighted by Gasteiger charge is -2.16. The van der Waals surface area contributed by atoms with Crippen LogP contribution in [0.4, 0.5) is 11.4 Å². The molecule has 1 amide bonds. The Kier molecular flexibility index (Phi) is 9.44. The van der Waals surface area contributed by atoms with Crippen molar-refractivity contribution in [2.75, 3.05) is 11.9 Å².